The number of Topliss-reactive ketones (excluding diaryl/α,β-unsaturated/α-hetero) is 1. The van der Waals surface area contributed by atoms with Gasteiger partial charge in [0.1, 0.15) is 18.0 Å². The monoisotopic (exact) mass is 325 g/mol. The molecule has 0 aromatic carbocycles. The molecule has 0 spiro atoms. The Labute approximate surface area is 127 Å². The van der Waals surface area contributed by atoms with E-state index in [1.165, 1.54) is 4.90 Å². The first-order valence-corrected chi connectivity index (χ1v) is 7.13. The zero-order chi connectivity index (χ0) is 17.0. The second kappa shape index (κ2) is 7.30. The summed E-state index contributed by atoms with van der Waals surface area (Å²) in [5.41, 5.74) is -0.635. The SMILES string of the molecule is CC(C)(C)OC(=O)N1CCC(=O)C(CCOCC(F)(F)F)C1. The number of ketones is 1. The average molecular weight is 325 g/mol. The fraction of sp³-hybridized carbons (Fsp3) is 0.857. The molecule has 8 heteroatoms. The molecule has 1 saturated heterocycles. The summed E-state index contributed by atoms with van der Waals surface area (Å²) in [5, 5.41) is 0. The van der Waals surface area contributed by atoms with Crippen LogP contribution < -0.4 is 0 Å². The van der Waals surface area contributed by atoms with Crippen molar-refractivity contribution in [3.63, 3.8) is 0 Å². The van der Waals surface area contributed by atoms with E-state index < -0.39 is 30.4 Å². The largest absolute Gasteiger partial charge is 0.444 e. The fourth-order valence-electron chi connectivity index (χ4n) is 2.07. The Bertz CT molecular complexity index is 404. The molecule has 22 heavy (non-hydrogen) atoms. The van der Waals surface area contributed by atoms with Gasteiger partial charge >= 0.3 is 12.3 Å². The highest BCUT2D eigenvalue weighted by molar-refractivity contribution is 5.84. The zero-order valence-corrected chi connectivity index (χ0v) is 13.0. The molecule has 0 aliphatic carbocycles. The second-order valence-electron chi connectivity index (χ2n) is 6.30. The van der Waals surface area contributed by atoms with E-state index in [1.54, 1.807) is 20.8 Å². The van der Waals surface area contributed by atoms with Crippen LogP contribution in [0.25, 0.3) is 0 Å². The van der Waals surface area contributed by atoms with Crippen LogP contribution in [0, 0.1) is 5.92 Å². The number of hydrogen-bond donors (Lipinski definition) is 0. The Morgan fingerprint density at radius 3 is 2.50 bits per heavy atom. The van der Waals surface area contributed by atoms with Gasteiger partial charge in [-0.2, -0.15) is 13.2 Å². The predicted octanol–water partition coefficient (Wildman–Crippen LogP) is 2.78. The Balaban J connectivity index is 2.43. The summed E-state index contributed by atoms with van der Waals surface area (Å²) in [4.78, 5) is 25.1. The van der Waals surface area contributed by atoms with Crippen LogP contribution in [0.3, 0.4) is 0 Å². The summed E-state index contributed by atoms with van der Waals surface area (Å²) >= 11 is 0. The number of nitrogens with zero attached hydrogens (tertiary/aromatic N) is 1. The third-order valence-electron chi connectivity index (χ3n) is 3.05. The second-order valence-corrected chi connectivity index (χ2v) is 6.30. The number of ether oxygens (including phenoxy) is 2. The van der Waals surface area contributed by atoms with Gasteiger partial charge in [-0.05, 0) is 27.2 Å². The Kier molecular flexibility index (Phi) is 6.22. The number of halogens is 3. The molecule has 1 aliphatic rings. The van der Waals surface area contributed by atoms with Crippen LogP contribution in [0.1, 0.15) is 33.6 Å². The number of piperidine rings is 1. The lowest BCUT2D eigenvalue weighted by Gasteiger charge is -2.33. The topological polar surface area (TPSA) is 55.8 Å². The summed E-state index contributed by atoms with van der Waals surface area (Å²) in [6.45, 7) is 4.14. The molecule has 128 valence electrons. The Morgan fingerprint density at radius 2 is 1.95 bits per heavy atom. The van der Waals surface area contributed by atoms with Crippen molar-refractivity contribution in [1.29, 1.82) is 0 Å². The van der Waals surface area contributed by atoms with E-state index in [9.17, 15) is 22.8 Å². The number of carbonyl (C=O) groups is 2. The van der Waals surface area contributed by atoms with E-state index in [2.05, 4.69) is 4.74 Å². The smallest absolute Gasteiger partial charge is 0.411 e. The molecule has 5 nitrogen and oxygen atoms in total. The normalized spacial score (nSPS) is 20.2. The van der Waals surface area contributed by atoms with Crippen molar-refractivity contribution in [2.75, 3.05) is 26.3 Å². The van der Waals surface area contributed by atoms with Gasteiger partial charge in [-0.1, -0.05) is 0 Å². The van der Waals surface area contributed by atoms with Crippen LogP contribution in [0.4, 0.5) is 18.0 Å². The molecule has 0 aromatic heterocycles. The lowest BCUT2D eigenvalue weighted by atomic mass is 9.94. The number of rotatable bonds is 4. The maximum Gasteiger partial charge on any atom is 0.411 e. The van der Waals surface area contributed by atoms with Crippen molar-refractivity contribution in [3.05, 3.63) is 0 Å². The molecule has 0 N–H and O–H groups in total. The lowest BCUT2D eigenvalue weighted by molar-refractivity contribution is -0.174. The van der Waals surface area contributed by atoms with Gasteiger partial charge < -0.3 is 14.4 Å². The maximum absolute atomic E-state index is 12.0. The summed E-state index contributed by atoms with van der Waals surface area (Å²) < 4.78 is 45.6. The van der Waals surface area contributed by atoms with Crippen molar-refractivity contribution >= 4 is 11.9 Å². The first kappa shape index (κ1) is 18.7. The molecular weight excluding hydrogens is 303 g/mol. The highest BCUT2D eigenvalue weighted by atomic mass is 19.4. The van der Waals surface area contributed by atoms with E-state index in [-0.39, 0.29) is 38.3 Å². The van der Waals surface area contributed by atoms with E-state index in [0.29, 0.717) is 0 Å². The van der Waals surface area contributed by atoms with Gasteiger partial charge in [0.2, 0.25) is 0 Å². The highest BCUT2D eigenvalue weighted by Gasteiger charge is 2.32. The molecule has 1 aliphatic heterocycles. The van der Waals surface area contributed by atoms with Crippen LogP contribution in [0.2, 0.25) is 0 Å². The molecule has 0 saturated carbocycles. The van der Waals surface area contributed by atoms with Crippen molar-refractivity contribution in [2.24, 2.45) is 5.92 Å². The van der Waals surface area contributed by atoms with Crippen molar-refractivity contribution in [3.8, 4) is 0 Å². The minimum absolute atomic E-state index is 0.0598. The summed E-state index contributed by atoms with van der Waals surface area (Å²) in [6.07, 6.45) is -4.54. The predicted molar refractivity (Wildman–Crippen MR) is 72.4 cm³/mol. The van der Waals surface area contributed by atoms with Crippen molar-refractivity contribution in [1.82, 2.24) is 4.90 Å². The van der Waals surface area contributed by atoms with Gasteiger partial charge in [0, 0.05) is 32.0 Å². The molecule has 1 rings (SSSR count). The number of carbonyl (C=O) groups excluding carboxylic acids is 2. The summed E-state index contributed by atoms with van der Waals surface area (Å²) in [6, 6.07) is 0. The van der Waals surface area contributed by atoms with Crippen LogP contribution in [0.15, 0.2) is 0 Å². The van der Waals surface area contributed by atoms with Crippen LogP contribution in [0.5, 0.6) is 0 Å². The lowest BCUT2D eigenvalue weighted by Crippen LogP contribution is -2.46. The molecule has 0 radical (unpaired) electrons. The maximum atomic E-state index is 12.0. The van der Waals surface area contributed by atoms with E-state index in [4.69, 9.17) is 4.74 Å². The first-order chi connectivity index (χ1) is 9.98. The Hall–Kier alpha value is -1.31. The minimum Gasteiger partial charge on any atom is -0.444 e. The Morgan fingerprint density at radius 1 is 1.32 bits per heavy atom. The van der Waals surface area contributed by atoms with Crippen LogP contribution in [-0.4, -0.2) is 54.9 Å². The van der Waals surface area contributed by atoms with E-state index in [0.717, 1.165) is 0 Å². The molecule has 0 aromatic rings. The van der Waals surface area contributed by atoms with E-state index in [1.807, 2.05) is 0 Å². The minimum atomic E-state index is -4.38. The zero-order valence-electron chi connectivity index (χ0n) is 13.0. The molecule has 0 bridgehead atoms. The summed E-state index contributed by atoms with van der Waals surface area (Å²) in [5.74, 6) is -0.565. The fourth-order valence-corrected chi connectivity index (χ4v) is 2.07. The van der Waals surface area contributed by atoms with E-state index >= 15 is 0 Å². The van der Waals surface area contributed by atoms with Gasteiger partial charge in [0.15, 0.2) is 0 Å². The standard InChI is InChI=1S/C14H22F3NO4/c1-13(2,3)22-12(20)18-6-4-11(19)10(8-18)5-7-21-9-14(15,16)17/h10H,4-9H2,1-3H3. The van der Waals surface area contributed by atoms with Crippen LogP contribution in [-0.2, 0) is 14.3 Å². The number of hydrogen-bond acceptors (Lipinski definition) is 4. The quantitative estimate of drug-likeness (QED) is 0.746. The van der Waals surface area contributed by atoms with Crippen molar-refractivity contribution < 1.29 is 32.2 Å². The van der Waals surface area contributed by atoms with Gasteiger partial charge in [0.05, 0.1) is 0 Å². The third kappa shape index (κ3) is 7.11. The number of alkyl halides is 3. The molecule has 1 heterocycles. The number of likely N-dealkylation sites (tertiary alicyclic amines) is 1. The first-order valence-electron chi connectivity index (χ1n) is 7.13. The van der Waals surface area contributed by atoms with Gasteiger partial charge in [0.25, 0.3) is 0 Å². The molecule has 1 fully saturated rings. The highest BCUT2D eigenvalue weighted by Crippen LogP contribution is 2.20. The molecule has 1 atom stereocenters. The molecule has 1 amide bonds. The van der Waals surface area contributed by atoms with Gasteiger partial charge in [-0.15, -0.1) is 0 Å². The van der Waals surface area contributed by atoms with Gasteiger partial charge in [-0.25, -0.2) is 4.79 Å². The van der Waals surface area contributed by atoms with Gasteiger partial charge in [-0.3, -0.25) is 4.79 Å². The summed E-state index contributed by atoms with van der Waals surface area (Å²) in [7, 11) is 0. The molecule has 1 unspecified atom stereocenters. The average Bonchev–Trinajstić information content (AvgIpc) is 2.33. The molecular formula is C14H22F3NO4. The third-order valence-corrected chi connectivity index (χ3v) is 3.05. The van der Waals surface area contributed by atoms with Crippen molar-refractivity contribution in [2.45, 2.75) is 45.4 Å². The number of amides is 1. The van der Waals surface area contributed by atoms with Crippen LogP contribution >= 0.6 is 0 Å².